The summed E-state index contributed by atoms with van der Waals surface area (Å²) in [6, 6.07) is 1.27. The minimum atomic E-state index is 0.317. The molecule has 24 heavy (non-hydrogen) atoms. The van der Waals surface area contributed by atoms with Gasteiger partial charge in [0.15, 0.2) is 0 Å². The lowest BCUT2D eigenvalue weighted by atomic mass is 9.97. The van der Waals surface area contributed by atoms with Gasteiger partial charge >= 0.3 is 0 Å². The van der Waals surface area contributed by atoms with Gasteiger partial charge in [0.1, 0.15) is 0 Å². The van der Waals surface area contributed by atoms with Crippen molar-refractivity contribution in [2.75, 3.05) is 53.1 Å². The van der Waals surface area contributed by atoms with Gasteiger partial charge in [0.05, 0.1) is 25.4 Å². The molecule has 138 valence electrons. The molecule has 4 fully saturated rings. The number of likely N-dealkylation sites (tertiary alicyclic amines) is 2. The third-order valence-corrected chi connectivity index (χ3v) is 6.55. The van der Waals surface area contributed by atoms with E-state index in [-0.39, 0.29) is 0 Å². The largest absolute Gasteiger partial charge is 0.380 e. The molecule has 4 rings (SSSR count). The molecule has 5 nitrogen and oxygen atoms in total. The molecule has 4 aliphatic rings. The van der Waals surface area contributed by atoms with Crippen LogP contribution in [-0.4, -0.2) is 87.2 Å². The number of nitrogens with zero attached hydrogens (tertiary/aromatic N) is 2. The second-order valence-corrected chi connectivity index (χ2v) is 8.27. The van der Waals surface area contributed by atoms with Crippen molar-refractivity contribution in [3.63, 3.8) is 0 Å². The van der Waals surface area contributed by atoms with Gasteiger partial charge in [-0.2, -0.15) is 0 Å². The molecule has 0 bridgehead atoms. The van der Waals surface area contributed by atoms with Crippen LogP contribution in [0.25, 0.3) is 0 Å². The monoisotopic (exact) mass is 338 g/mol. The van der Waals surface area contributed by atoms with Gasteiger partial charge in [-0.15, -0.1) is 0 Å². The fraction of sp³-hybridized carbons (Fsp3) is 1.00. The highest BCUT2D eigenvalue weighted by Gasteiger charge is 2.43. The summed E-state index contributed by atoms with van der Waals surface area (Å²) in [5.41, 5.74) is 0. The summed E-state index contributed by atoms with van der Waals surface area (Å²) in [7, 11) is 2.21. The van der Waals surface area contributed by atoms with Crippen molar-refractivity contribution in [2.45, 2.75) is 62.8 Å². The topological polar surface area (TPSA) is 34.2 Å². The highest BCUT2D eigenvalue weighted by Crippen LogP contribution is 2.34. The molecule has 4 heterocycles. The minimum Gasteiger partial charge on any atom is -0.380 e. The average molecular weight is 338 g/mol. The van der Waals surface area contributed by atoms with E-state index in [4.69, 9.17) is 14.2 Å². The van der Waals surface area contributed by atoms with Crippen LogP contribution in [0.15, 0.2) is 0 Å². The van der Waals surface area contributed by atoms with E-state index in [1.807, 2.05) is 0 Å². The summed E-state index contributed by atoms with van der Waals surface area (Å²) in [5, 5.41) is 0. The van der Waals surface area contributed by atoms with Gasteiger partial charge in [0.2, 0.25) is 0 Å². The Bertz CT molecular complexity index is 394. The van der Waals surface area contributed by atoms with Gasteiger partial charge in [-0.3, -0.25) is 4.90 Å². The molecule has 0 aliphatic carbocycles. The predicted octanol–water partition coefficient (Wildman–Crippen LogP) is 1.76. The van der Waals surface area contributed by atoms with E-state index in [0.717, 1.165) is 38.8 Å². The van der Waals surface area contributed by atoms with Gasteiger partial charge in [-0.1, -0.05) is 0 Å². The second kappa shape index (κ2) is 8.00. The van der Waals surface area contributed by atoms with Crippen molar-refractivity contribution in [3.8, 4) is 0 Å². The Morgan fingerprint density at radius 3 is 2.62 bits per heavy atom. The molecule has 0 unspecified atom stereocenters. The highest BCUT2D eigenvalue weighted by molar-refractivity contribution is 4.96. The summed E-state index contributed by atoms with van der Waals surface area (Å²) in [6.45, 7) is 7.21. The number of fused-ring (bicyclic) bond motifs is 1. The lowest BCUT2D eigenvalue weighted by molar-refractivity contribution is -0.106. The summed E-state index contributed by atoms with van der Waals surface area (Å²) < 4.78 is 18.0. The molecule has 0 amide bonds. The Morgan fingerprint density at radius 2 is 1.83 bits per heavy atom. The number of rotatable bonds is 5. The van der Waals surface area contributed by atoms with E-state index in [9.17, 15) is 0 Å². The van der Waals surface area contributed by atoms with Crippen LogP contribution in [0.1, 0.15) is 38.5 Å². The summed E-state index contributed by atoms with van der Waals surface area (Å²) in [6.07, 6.45) is 8.12. The van der Waals surface area contributed by atoms with E-state index < -0.39 is 0 Å². The lowest BCUT2D eigenvalue weighted by Crippen LogP contribution is -2.47. The molecule has 0 aromatic rings. The molecule has 0 spiro atoms. The first-order chi connectivity index (χ1) is 11.8. The van der Waals surface area contributed by atoms with Crippen molar-refractivity contribution in [1.29, 1.82) is 0 Å². The van der Waals surface area contributed by atoms with E-state index in [0.29, 0.717) is 24.3 Å². The zero-order chi connectivity index (χ0) is 16.4. The molecule has 0 aromatic carbocycles. The molecule has 4 aliphatic heterocycles. The quantitative estimate of drug-likeness (QED) is 0.763. The second-order valence-electron chi connectivity index (χ2n) is 8.27. The molecular formula is C19H34N2O3. The van der Waals surface area contributed by atoms with Crippen LogP contribution in [0.3, 0.4) is 0 Å². The van der Waals surface area contributed by atoms with Crippen molar-refractivity contribution < 1.29 is 14.2 Å². The van der Waals surface area contributed by atoms with Crippen LogP contribution in [0.4, 0.5) is 0 Å². The maximum atomic E-state index is 6.39. The summed E-state index contributed by atoms with van der Waals surface area (Å²) in [4.78, 5) is 5.09. The standard InChI is InChI=1S/C19H34N2O3/c1-20-8-4-15(5-9-20)12-23-14-17-2-3-18-19(24-17)6-10-21(18)16-7-11-22-13-16/h15-19H,2-14H2,1H3/t16-,17+,18-,19-/m0/s1. The maximum absolute atomic E-state index is 6.39. The third-order valence-electron chi connectivity index (χ3n) is 6.55. The number of hydrogen-bond acceptors (Lipinski definition) is 5. The number of ether oxygens (including phenoxy) is 3. The van der Waals surface area contributed by atoms with Gasteiger partial charge in [0, 0.05) is 31.8 Å². The zero-order valence-electron chi connectivity index (χ0n) is 15.2. The third kappa shape index (κ3) is 3.96. The summed E-state index contributed by atoms with van der Waals surface area (Å²) >= 11 is 0. The van der Waals surface area contributed by atoms with Crippen LogP contribution >= 0.6 is 0 Å². The minimum absolute atomic E-state index is 0.317. The Morgan fingerprint density at radius 1 is 0.958 bits per heavy atom. The van der Waals surface area contributed by atoms with Gasteiger partial charge < -0.3 is 19.1 Å². The fourth-order valence-corrected chi connectivity index (χ4v) is 4.98. The number of piperidine rings is 1. The molecule has 0 N–H and O–H groups in total. The van der Waals surface area contributed by atoms with Crippen molar-refractivity contribution in [2.24, 2.45) is 5.92 Å². The Balaban J connectivity index is 1.17. The molecule has 0 saturated carbocycles. The Kier molecular flexibility index (Phi) is 5.74. The fourth-order valence-electron chi connectivity index (χ4n) is 4.98. The summed E-state index contributed by atoms with van der Waals surface area (Å²) in [5.74, 6) is 0.752. The van der Waals surface area contributed by atoms with E-state index in [2.05, 4.69) is 16.8 Å². The molecule has 5 heteroatoms. The molecule has 4 atom stereocenters. The first-order valence-electron chi connectivity index (χ1n) is 10.0. The van der Waals surface area contributed by atoms with Crippen molar-refractivity contribution in [3.05, 3.63) is 0 Å². The molecule has 4 saturated heterocycles. The molecule has 0 radical (unpaired) electrons. The van der Waals surface area contributed by atoms with Gasteiger partial charge in [-0.05, 0) is 64.6 Å². The normalized spacial score (nSPS) is 39.4. The van der Waals surface area contributed by atoms with Crippen LogP contribution in [-0.2, 0) is 14.2 Å². The van der Waals surface area contributed by atoms with Crippen LogP contribution in [0, 0.1) is 5.92 Å². The van der Waals surface area contributed by atoms with Gasteiger partial charge in [-0.25, -0.2) is 0 Å². The predicted molar refractivity (Wildman–Crippen MR) is 93.3 cm³/mol. The van der Waals surface area contributed by atoms with Crippen LogP contribution < -0.4 is 0 Å². The first-order valence-corrected chi connectivity index (χ1v) is 10.0. The van der Waals surface area contributed by atoms with E-state index >= 15 is 0 Å². The Hall–Kier alpha value is -0.200. The first kappa shape index (κ1) is 17.2. The number of hydrogen-bond donors (Lipinski definition) is 0. The van der Waals surface area contributed by atoms with Gasteiger partial charge in [0.25, 0.3) is 0 Å². The van der Waals surface area contributed by atoms with E-state index in [1.54, 1.807) is 0 Å². The highest BCUT2D eigenvalue weighted by atomic mass is 16.5. The van der Waals surface area contributed by atoms with E-state index in [1.165, 1.54) is 51.7 Å². The maximum Gasteiger partial charge on any atom is 0.0813 e. The van der Waals surface area contributed by atoms with Crippen molar-refractivity contribution >= 4 is 0 Å². The molecule has 0 aromatic heterocycles. The van der Waals surface area contributed by atoms with Crippen LogP contribution in [0.2, 0.25) is 0 Å². The average Bonchev–Trinajstić information content (AvgIpc) is 3.25. The zero-order valence-corrected chi connectivity index (χ0v) is 15.2. The Labute approximate surface area is 146 Å². The SMILES string of the molecule is CN1CCC(COC[C@H]2CC[C@H]3[C@H](CCN3[C@H]3CCOC3)O2)CC1. The molecular weight excluding hydrogens is 304 g/mol. The van der Waals surface area contributed by atoms with Crippen molar-refractivity contribution in [1.82, 2.24) is 9.80 Å². The smallest absolute Gasteiger partial charge is 0.0813 e. The lowest BCUT2D eigenvalue weighted by Gasteiger charge is -2.38. The van der Waals surface area contributed by atoms with Crippen LogP contribution in [0.5, 0.6) is 0 Å².